The van der Waals surface area contributed by atoms with Gasteiger partial charge in [0.2, 0.25) is 0 Å². The van der Waals surface area contributed by atoms with E-state index in [0.29, 0.717) is 10.8 Å². The number of carbonyl (C=O) groups excluding carboxylic acids is 1. The van der Waals surface area contributed by atoms with Crippen molar-refractivity contribution in [2.24, 2.45) is 0 Å². The van der Waals surface area contributed by atoms with Gasteiger partial charge in [-0.2, -0.15) is 0 Å². The summed E-state index contributed by atoms with van der Waals surface area (Å²) >= 11 is 6.00. The van der Waals surface area contributed by atoms with Crippen molar-refractivity contribution in [3.8, 4) is 0 Å². The fourth-order valence-corrected chi connectivity index (χ4v) is 3.38. The summed E-state index contributed by atoms with van der Waals surface area (Å²) in [4.78, 5) is 23.1. The van der Waals surface area contributed by atoms with E-state index < -0.39 is 0 Å². The average Bonchev–Trinajstić information content (AvgIpc) is 3.24. The molecule has 1 amide bonds. The third kappa shape index (κ3) is 4.40. The van der Waals surface area contributed by atoms with Crippen LogP contribution in [0.15, 0.2) is 60.9 Å². The van der Waals surface area contributed by atoms with E-state index in [1.165, 1.54) is 24.9 Å². The molecule has 6 nitrogen and oxygen atoms in total. The predicted molar refractivity (Wildman–Crippen MR) is 113 cm³/mol. The summed E-state index contributed by atoms with van der Waals surface area (Å²) in [5.74, 6) is 0.234. The van der Waals surface area contributed by atoms with Gasteiger partial charge in [0.15, 0.2) is 0 Å². The van der Waals surface area contributed by atoms with Crippen LogP contribution in [0.3, 0.4) is 0 Å². The number of rotatable bonds is 5. The molecule has 4 rings (SSSR count). The molecule has 1 aliphatic heterocycles. The lowest BCUT2D eigenvalue weighted by molar-refractivity contribution is 0.102. The minimum atomic E-state index is -0.287. The molecule has 1 aromatic heterocycles. The summed E-state index contributed by atoms with van der Waals surface area (Å²) < 4.78 is 0. The molecular formula is C21H20ClN5O. The van der Waals surface area contributed by atoms with Crippen molar-refractivity contribution in [3.05, 3.63) is 71.6 Å². The third-order valence-corrected chi connectivity index (χ3v) is 4.83. The topological polar surface area (TPSA) is 70.2 Å². The maximum atomic E-state index is 12.6. The Balaban J connectivity index is 1.43. The van der Waals surface area contributed by atoms with Crippen LogP contribution in [-0.4, -0.2) is 29.0 Å². The normalized spacial score (nSPS) is 13.4. The van der Waals surface area contributed by atoms with Gasteiger partial charge in [0.05, 0.1) is 0 Å². The first-order valence-electron chi connectivity index (χ1n) is 9.18. The van der Waals surface area contributed by atoms with Gasteiger partial charge in [0, 0.05) is 41.2 Å². The number of aromatic nitrogens is 2. The highest BCUT2D eigenvalue weighted by molar-refractivity contribution is 6.30. The van der Waals surface area contributed by atoms with Crippen molar-refractivity contribution in [2.45, 2.75) is 12.8 Å². The summed E-state index contributed by atoms with van der Waals surface area (Å²) in [6.07, 6.45) is 3.83. The molecule has 0 unspecified atom stereocenters. The van der Waals surface area contributed by atoms with Crippen LogP contribution in [-0.2, 0) is 0 Å². The maximum Gasteiger partial charge on any atom is 0.274 e. The Morgan fingerprint density at radius 1 is 0.964 bits per heavy atom. The molecule has 2 aromatic carbocycles. The van der Waals surface area contributed by atoms with E-state index in [1.54, 1.807) is 18.2 Å². The van der Waals surface area contributed by atoms with Gasteiger partial charge >= 0.3 is 0 Å². The molecule has 0 bridgehead atoms. The molecule has 1 saturated heterocycles. The van der Waals surface area contributed by atoms with Crippen LogP contribution in [0.25, 0.3) is 0 Å². The first-order valence-corrected chi connectivity index (χ1v) is 9.56. The largest absolute Gasteiger partial charge is 0.372 e. The first kappa shape index (κ1) is 18.3. The van der Waals surface area contributed by atoms with E-state index in [4.69, 9.17) is 11.6 Å². The summed E-state index contributed by atoms with van der Waals surface area (Å²) in [6.45, 7) is 2.18. The van der Waals surface area contributed by atoms with Crippen molar-refractivity contribution in [3.63, 3.8) is 0 Å². The number of nitrogens with one attached hydrogen (secondary N) is 2. The van der Waals surface area contributed by atoms with Crippen LogP contribution in [0.5, 0.6) is 0 Å². The van der Waals surface area contributed by atoms with E-state index in [1.807, 2.05) is 36.4 Å². The predicted octanol–water partition coefficient (Wildman–Crippen LogP) is 4.73. The monoisotopic (exact) mass is 393 g/mol. The van der Waals surface area contributed by atoms with Crippen molar-refractivity contribution in [1.29, 1.82) is 0 Å². The van der Waals surface area contributed by atoms with Gasteiger partial charge in [-0.3, -0.25) is 4.79 Å². The highest BCUT2D eigenvalue weighted by Gasteiger charge is 2.13. The van der Waals surface area contributed by atoms with Gasteiger partial charge in [0.25, 0.3) is 5.91 Å². The lowest BCUT2D eigenvalue weighted by Crippen LogP contribution is -2.18. The molecule has 142 valence electrons. The maximum absolute atomic E-state index is 12.6. The fraction of sp³-hybridized carbons (Fsp3) is 0.190. The van der Waals surface area contributed by atoms with Crippen molar-refractivity contribution < 1.29 is 4.79 Å². The van der Waals surface area contributed by atoms with Crippen LogP contribution in [0.2, 0.25) is 5.02 Å². The summed E-state index contributed by atoms with van der Waals surface area (Å²) in [6, 6.07) is 16.8. The van der Waals surface area contributed by atoms with E-state index >= 15 is 0 Å². The summed E-state index contributed by atoms with van der Waals surface area (Å²) in [5.41, 5.74) is 2.99. The minimum Gasteiger partial charge on any atom is -0.372 e. The Bertz CT molecular complexity index is 971. The van der Waals surface area contributed by atoms with Crippen LogP contribution >= 0.6 is 11.6 Å². The van der Waals surface area contributed by atoms with E-state index in [2.05, 4.69) is 25.5 Å². The molecule has 2 heterocycles. The second-order valence-electron chi connectivity index (χ2n) is 6.62. The standard InChI is InChI=1S/C21H20ClN5O/c22-15-4-3-5-17(12-15)25-20-13-19(23-14-24-20)21(28)26-16-6-8-18(9-7-16)27-10-1-2-11-27/h3-9,12-14H,1-2,10-11H2,(H,26,28)(H,23,24,25). The number of carbonyl (C=O) groups is 1. The van der Waals surface area contributed by atoms with Crippen LogP contribution in [0.1, 0.15) is 23.3 Å². The van der Waals surface area contributed by atoms with Crippen LogP contribution in [0.4, 0.5) is 22.9 Å². The number of anilines is 4. The van der Waals surface area contributed by atoms with Gasteiger partial charge in [-0.25, -0.2) is 9.97 Å². The van der Waals surface area contributed by atoms with Gasteiger partial charge in [-0.1, -0.05) is 17.7 Å². The number of nitrogens with zero attached hydrogens (tertiary/aromatic N) is 3. The van der Waals surface area contributed by atoms with Crippen molar-refractivity contribution in [1.82, 2.24) is 9.97 Å². The van der Waals surface area contributed by atoms with Gasteiger partial charge in [-0.15, -0.1) is 0 Å². The Hall–Kier alpha value is -3.12. The lowest BCUT2D eigenvalue weighted by Gasteiger charge is -2.17. The Morgan fingerprint density at radius 2 is 1.75 bits per heavy atom. The zero-order valence-electron chi connectivity index (χ0n) is 15.2. The van der Waals surface area contributed by atoms with E-state index in [0.717, 1.165) is 24.5 Å². The van der Waals surface area contributed by atoms with Gasteiger partial charge in [0.1, 0.15) is 17.8 Å². The molecule has 7 heteroatoms. The Morgan fingerprint density at radius 3 is 2.50 bits per heavy atom. The summed E-state index contributed by atoms with van der Waals surface area (Å²) in [5, 5.41) is 6.62. The zero-order valence-corrected chi connectivity index (χ0v) is 16.0. The molecular weight excluding hydrogens is 374 g/mol. The van der Waals surface area contributed by atoms with Gasteiger partial charge in [-0.05, 0) is 55.3 Å². The van der Waals surface area contributed by atoms with Crippen molar-refractivity contribution >= 4 is 40.4 Å². The quantitative estimate of drug-likeness (QED) is 0.656. The highest BCUT2D eigenvalue weighted by atomic mass is 35.5. The van der Waals surface area contributed by atoms with Crippen molar-refractivity contribution in [2.75, 3.05) is 28.6 Å². The molecule has 1 aliphatic rings. The number of hydrogen-bond donors (Lipinski definition) is 2. The smallest absolute Gasteiger partial charge is 0.274 e. The minimum absolute atomic E-state index is 0.281. The zero-order chi connectivity index (χ0) is 19.3. The number of benzene rings is 2. The Labute approximate surface area is 168 Å². The number of halogens is 1. The molecule has 28 heavy (non-hydrogen) atoms. The van der Waals surface area contributed by atoms with E-state index in [9.17, 15) is 4.79 Å². The highest BCUT2D eigenvalue weighted by Crippen LogP contribution is 2.23. The van der Waals surface area contributed by atoms with Crippen LogP contribution < -0.4 is 15.5 Å². The van der Waals surface area contributed by atoms with Crippen LogP contribution in [0, 0.1) is 0 Å². The molecule has 2 N–H and O–H groups in total. The lowest BCUT2D eigenvalue weighted by atomic mass is 10.2. The Kier molecular flexibility index (Phi) is 5.39. The SMILES string of the molecule is O=C(Nc1ccc(N2CCCC2)cc1)c1cc(Nc2cccc(Cl)c2)ncn1. The molecule has 0 aliphatic carbocycles. The average molecular weight is 394 g/mol. The summed E-state index contributed by atoms with van der Waals surface area (Å²) in [7, 11) is 0. The molecule has 0 atom stereocenters. The molecule has 0 spiro atoms. The fourth-order valence-electron chi connectivity index (χ4n) is 3.19. The molecule has 0 saturated carbocycles. The molecule has 0 radical (unpaired) electrons. The second-order valence-corrected chi connectivity index (χ2v) is 7.06. The van der Waals surface area contributed by atoms with Gasteiger partial charge < -0.3 is 15.5 Å². The number of amides is 1. The molecule has 3 aromatic rings. The number of hydrogen-bond acceptors (Lipinski definition) is 5. The molecule has 1 fully saturated rings. The van der Waals surface area contributed by atoms with E-state index in [-0.39, 0.29) is 11.6 Å². The second kappa shape index (κ2) is 8.27. The first-order chi connectivity index (χ1) is 13.7. The third-order valence-electron chi connectivity index (χ3n) is 4.59.